The van der Waals surface area contributed by atoms with Crippen LogP contribution in [0.3, 0.4) is 0 Å². The van der Waals surface area contributed by atoms with E-state index in [1.807, 2.05) is 9.80 Å². The number of ether oxygens (including phenoxy) is 1. The molecular weight excluding hydrogens is 497 g/mol. The maximum Gasteiger partial charge on any atom is 0.416 e. The molecule has 2 aromatic rings. The highest BCUT2D eigenvalue weighted by molar-refractivity contribution is 5.76. The number of likely N-dealkylation sites (tertiary alicyclic amines) is 2. The second-order valence-corrected chi connectivity index (χ2v) is 13.3. The second kappa shape index (κ2) is 7.41. The zero-order valence-corrected chi connectivity index (χ0v) is 21.1. The first-order chi connectivity index (χ1) is 18.1. The van der Waals surface area contributed by atoms with Crippen molar-refractivity contribution in [1.82, 2.24) is 30.0 Å². The first-order valence-electron chi connectivity index (χ1n) is 13.8. The molecule has 0 aromatic carbocycles. The van der Waals surface area contributed by atoms with Gasteiger partial charge < -0.3 is 14.5 Å². The lowest BCUT2D eigenvalue weighted by Crippen LogP contribution is -2.74. The van der Waals surface area contributed by atoms with Crippen LogP contribution >= 0.6 is 0 Å². The van der Waals surface area contributed by atoms with Gasteiger partial charge in [-0.05, 0) is 62.3 Å². The van der Waals surface area contributed by atoms with Crippen molar-refractivity contribution >= 4 is 6.03 Å². The van der Waals surface area contributed by atoms with Crippen LogP contribution in [-0.4, -0.2) is 68.8 Å². The molecule has 11 heteroatoms. The Labute approximate surface area is 218 Å². The predicted octanol–water partition coefficient (Wildman–Crippen LogP) is 4.58. The summed E-state index contributed by atoms with van der Waals surface area (Å²) in [6.07, 6.45) is 4.42. The lowest BCUT2D eigenvalue weighted by molar-refractivity contribution is -0.265. The second-order valence-electron chi connectivity index (χ2n) is 13.3. The number of halogens is 3. The third kappa shape index (κ3) is 3.49. The van der Waals surface area contributed by atoms with E-state index >= 15 is 0 Å². The van der Waals surface area contributed by atoms with Crippen molar-refractivity contribution in [2.75, 3.05) is 32.8 Å². The minimum absolute atomic E-state index is 0.0351. The van der Waals surface area contributed by atoms with E-state index in [0.717, 1.165) is 88.3 Å². The Balaban J connectivity index is 0.769. The Morgan fingerprint density at radius 2 is 1.84 bits per heavy atom. The minimum atomic E-state index is -4.40. The molecule has 0 unspecified atom stereocenters. The highest BCUT2D eigenvalue weighted by atomic mass is 19.4. The molecule has 5 saturated carbocycles. The summed E-state index contributed by atoms with van der Waals surface area (Å²) in [4.78, 5) is 25.6. The number of pyridine rings is 1. The van der Waals surface area contributed by atoms with Crippen molar-refractivity contribution in [2.24, 2.45) is 22.2 Å². The molecule has 9 rings (SSSR count). The molecule has 1 spiro atoms. The van der Waals surface area contributed by atoms with Gasteiger partial charge in [0.25, 0.3) is 0 Å². The van der Waals surface area contributed by atoms with E-state index in [1.54, 1.807) is 0 Å². The summed E-state index contributed by atoms with van der Waals surface area (Å²) in [6.45, 7) is 3.74. The number of alkyl halides is 3. The number of carbonyl (C=O) groups is 1. The van der Waals surface area contributed by atoms with Gasteiger partial charge in [0.2, 0.25) is 5.88 Å². The van der Waals surface area contributed by atoms with Gasteiger partial charge in [0, 0.05) is 61.1 Å². The Morgan fingerprint density at radius 1 is 1.11 bits per heavy atom. The van der Waals surface area contributed by atoms with Gasteiger partial charge in [0.05, 0.1) is 12.2 Å². The van der Waals surface area contributed by atoms with Crippen LogP contribution in [0.1, 0.15) is 74.0 Å². The van der Waals surface area contributed by atoms with Gasteiger partial charge in [-0.1, -0.05) is 0 Å². The van der Waals surface area contributed by atoms with Gasteiger partial charge >= 0.3 is 12.2 Å². The van der Waals surface area contributed by atoms with Crippen LogP contribution in [0.15, 0.2) is 18.3 Å². The molecule has 38 heavy (non-hydrogen) atoms. The molecule has 0 radical (unpaired) electrons. The zero-order chi connectivity index (χ0) is 25.9. The summed E-state index contributed by atoms with van der Waals surface area (Å²) >= 11 is 0. The molecule has 1 N–H and O–H groups in total. The fraction of sp³-hybridized carbons (Fsp3) is 0.704. The third-order valence-electron chi connectivity index (χ3n) is 10.3. The van der Waals surface area contributed by atoms with E-state index in [0.29, 0.717) is 24.4 Å². The van der Waals surface area contributed by atoms with Gasteiger partial charge in [-0.2, -0.15) is 18.3 Å². The molecule has 7 aliphatic rings. The fourth-order valence-corrected chi connectivity index (χ4v) is 8.12. The standard InChI is InChI=1S/C27H31F3N6O2/c28-27(29,30)18-3-4-31-20(5-18)38-15-25-10-26(11-25,12-25)19-8-35(9-19)23(37)36-13-24(14-36)6-17(7-24)22-32-21(33-34-22)16-1-2-16/h3-5,16-17,19H,1-2,6-15H2,(H,32,33,34). The van der Waals surface area contributed by atoms with Crippen molar-refractivity contribution < 1.29 is 22.7 Å². The first-order valence-corrected chi connectivity index (χ1v) is 13.8. The average molecular weight is 529 g/mol. The summed E-state index contributed by atoms with van der Waals surface area (Å²) in [5.74, 6) is 3.58. The van der Waals surface area contributed by atoms with Gasteiger partial charge in [-0.25, -0.2) is 14.8 Å². The Kier molecular flexibility index (Phi) is 4.50. The van der Waals surface area contributed by atoms with E-state index in [-0.39, 0.29) is 28.2 Å². The largest absolute Gasteiger partial charge is 0.477 e. The number of hydrogen-bond donors (Lipinski definition) is 1. The third-order valence-corrected chi connectivity index (χ3v) is 10.3. The van der Waals surface area contributed by atoms with Crippen molar-refractivity contribution in [3.05, 3.63) is 35.5 Å². The van der Waals surface area contributed by atoms with Crippen LogP contribution in [0.2, 0.25) is 0 Å². The lowest BCUT2D eigenvalue weighted by atomic mass is 9.31. The van der Waals surface area contributed by atoms with Crippen LogP contribution in [0.4, 0.5) is 18.0 Å². The highest BCUT2D eigenvalue weighted by Crippen LogP contribution is 2.77. The maximum atomic E-state index is 13.0. The number of nitrogens with zero attached hydrogens (tertiary/aromatic N) is 5. The number of hydrogen-bond acceptors (Lipinski definition) is 5. The van der Waals surface area contributed by atoms with Crippen LogP contribution in [0.5, 0.6) is 5.88 Å². The van der Waals surface area contributed by atoms with Crippen molar-refractivity contribution in [3.63, 3.8) is 0 Å². The van der Waals surface area contributed by atoms with Gasteiger partial charge in [0.1, 0.15) is 5.82 Å². The SMILES string of the molecule is O=C(N1CC(C23CC(COc4cc(C(F)(F)F)ccn4)(C2)C3)C1)N1CC2(CC(c3nc(C4CC4)n[nH]3)C2)C1. The number of aromatic amines is 1. The monoisotopic (exact) mass is 528 g/mol. The normalized spacial score (nSPS) is 31.7. The maximum absolute atomic E-state index is 13.0. The molecule has 4 heterocycles. The summed E-state index contributed by atoms with van der Waals surface area (Å²) < 4.78 is 44.4. The van der Waals surface area contributed by atoms with Crippen LogP contribution in [-0.2, 0) is 6.18 Å². The molecule has 0 atom stereocenters. The van der Waals surface area contributed by atoms with Crippen molar-refractivity contribution in [1.29, 1.82) is 0 Å². The Morgan fingerprint density at radius 3 is 2.53 bits per heavy atom. The molecule has 2 bridgehead atoms. The summed E-state index contributed by atoms with van der Waals surface area (Å²) in [7, 11) is 0. The number of H-pyrrole nitrogens is 1. The topological polar surface area (TPSA) is 87.2 Å². The quantitative estimate of drug-likeness (QED) is 0.593. The number of rotatable bonds is 6. The molecule has 5 aliphatic carbocycles. The van der Waals surface area contributed by atoms with Gasteiger partial charge in [-0.3, -0.25) is 5.10 Å². The van der Waals surface area contributed by atoms with E-state index in [2.05, 4.69) is 15.2 Å². The molecule has 202 valence electrons. The minimum Gasteiger partial charge on any atom is -0.477 e. The fourth-order valence-electron chi connectivity index (χ4n) is 8.12. The summed E-state index contributed by atoms with van der Waals surface area (Å²) in [6, 6.07) is 2.10. The molecule has 2 aliphatic heterocycles. The van der Waals surface area contributed by atoms with Crippen LogP contribution in [0, 0.1) is 22.2 Å². The van der Waals surface area contributed by atoms with E-state index in [1.165, 1.54) is 12.8 Å². The van der Waals surface area contributed by atoms with Crippen LogP contribution < -0.4 is 4.74 Å². The Bertz CT molecular complexity index is 1270. The molecule has 7 fully saturated rings. The molecule has 2 aromatic heterocycles. The number of carbonyl (C=O) groups excluding carboxylic acids is 1. The highest BCUT2D eigenvalue weighted by Gasteiger charge is 2.72. The van der Waals surface area contributed by atoms with Crippen molar-refractivity contribution in [2.45, 2.75) is 63.0 Å². The summed E-state index contributed by atoms with van der Waals surface area (Å²) in [5, 5.41) is 7.53. The number of nitrogens with one attached hydrogen (secondary N) is 1. The van der Waals surface area contributed by atoms with E-state index in [9.17, 15) is 18.0 Å². The average Bonchev–Trinajstić information content (AvgIpc) is 3.48. The van der Waals surface area contributed by atoms with Crippen molar-refractivity contribution in [3.8, 4) is 5.88 Å². The van der Waals surface area contributed by atoms with Gasteiger partial charge in [-0.15, -0.1) is 0 Å². The smallest absolute Gasteiger partial charge is 0.416 e. The number of aromatic nitrogens is 4. The predicted molar refractivity (Wildman–Crippen MR) is 128 cm³/mol. The van der Waals surface area contributed by atoms with E-state index in [4.69, 9.17) is 9.72 Å². The van der Waals surface area contributed by atoms with Crippen LogP contribution in [0.25, 0.3) is 0 Å². The first kappa shape index (κ1) is 23.1. The summed E-state index contributed by atoms with van der Waals surface area (Å²) in [5.41, 5.74) is -0.118. The molecule has 2 amide bonds. The lowest BCUT2D eigenvalue weighted by Gasteiger charge is -2.75. The van der Waals surface area contributed by atoms with Gasteiger partial charge in [0.15, 0.2) is 5.82 Å². The van der Waals surface area contributed by atoms with E-state index < -0.39 is 11.7 Å². The number of amides is 2. The number of urea groups is 1. The molecule has 2 saturated heterocycles. The molecule has 8 nitrogen and oxygen atoms in total. The zero-order valence-electron chi connectivity index (χ0n) is 21.1. The Hall–Kier alpha value is -2.85. The molecular formula is C27H31F3N6O2.